The van der Waals surface area contributed by atoms with Gasteiger partial charge in [-0.1, -0.05) is 29.8 Å². The lowest BCUT2D eigenvalue weighted by molar-refractivity contribution is 0.743. The van der Waals surface area contributed by atoms with Crippen molar-refractivity contribution >= 4 is 0 Å². The predicted molar refractivity (Wildman–Crippen MR) is 58.1 cm³/mol. The Morgan fingerprint density at radius 3 is 2.21 bits per heavy atom. The summed E-state index contributed by atoms with van der Waals surface area (Å²) in [5, 5.41) is 4.43. The molecule has 0 fully saturated rings. The van der Waals surface area contributed by atoms with Gasteiger partial charge in [0.1, 0.15) is 0 Å². The molecule has 2 aromatic rings. The molecule has 0 aliphatic heterocycles. The molecule has 1 heterocycles. The molecule has 2 heteroatoms. The zero-order valence-electron chi connectivity index (χ0n) is 8.78. The summed E-state index contributed by atoms with van der Waals surface area (Å²) >= 11 is 0. The number of aromatic nitrogens is 2. The molecule has 0 atom stereocenters. The maximum Gasteiger partial charge on any atom is 0.0925 e. The second-order valence-electron chi connectivity index (χ2n) is 3.66. The molecule has 0 saturated carbocycles. The second kappa shape index (κ2) is 3.29. The van der Waals surface area contributed by atoms with Crippen molar-refractivity contribution in [1.82, 2.24) is 9.78 Å². The van der Waals surface area contributed by atoms with E-state index < -0.39 is 0 Å². The largest absolute Gasteiger partial charge is 0.272 e. The van der Waals surface area contributed by atoms with Crippen LogP contribution in [-0.4, -0.2) is 9.78 Å². The Bertz CT molecular complexity index is 418. The maximum absolute atomic E-state index is 4.43. The summed E-state index contributed by atoms with van der Waals surface area (Å²) in [4.78, 5) is 0. The molecule has 0 spiro atoms. The van der Waals surface area contributed by atoms with Crippen molar-refractivity contribution in [2.75, 3.05) is 0 Å². The number of aryl methyl sites for hydroxylation is 3. The minimum absolute atomic E-state index is 1.05. The molecule has 14 heavy (non-hydrogen) atoms. The average Bonchev–Trinajstić information content (AvgIpc) is 2.48. The zero-order chi connectivity index (χ0) is 10.1. The van der Waals surface area contributed by atoms with Gasteiger partial charge in [0.2, 0.25) is 0 Å². The second-order valence-corrected chi connectivity index (χ2v) is 3.66. The van der Waals surface area contributed by atoms with Crippen LogP contribution in [0.3, 0.4) is 0 Å². The van der Waals surface area contributed by atoms with Gasteiger partial charge in [0.15, 0.2) is 0 Å². The van der Waals surface area contributed by atoms with Gasteiger partial charge in [-0.05, 0) is 19.9 Å². The van der Waals surface area contributed by atoms with Crippen LogP contribution in [-0.2, 0) is 7.05 Å². The fourth-order valence-electron chi connectivity index (χ4n) is 1.43. The summed E-state index contributed by atoms with van der Waals surface area (Å²) in [7, 11) is 1.97. The van der Waals surface area contributed by atoms with Crippen molar-refractivity contribution in [3.63, 3.8) is 0 Å². The standard InChI is InChI=1S/C12H14N2/c1-9-4-6-11(7-5-9)12-8-10(2)14(3)13-12/h4-8H,1-3H3. The van der Waals surface area contributed by atoms with Crippen LogP contribution >= 0.6 is 0 Å². The highest BCUT2D eigenvalue weighted by atomic mass is 15.3. The lowest BCUT2D eigenvalue weighted by Gasteiger charge is -1.96. The van der Waals surface area contributed by atoms with E-state index in [0.29, 0.717) is 0 Å². The van der Waals surface area contributed by atoms with E-state index in [1.54, 1.807) is 0 Å². The molecule has 0 aliphatic carbocycles. The lowest BCUT2D eigenvalue weighted by Crippen LogP contribution is -1.92. The maximum atomic E-state index is 4.43. The monoisotopic (exact) mass is 186 g/mol. The number of benzene rings is 1. The van der Waals surface area contributed by atoms with E-state index in [-0.39, 0.29) is 0 Å². The number of nitrogens with zero attached hydrogens (tertiary/aromatic N) is 2. The minimum atomic E-state index is 1.05. The third kappa shape index (κ3) is 1.55. The van der Waals surface area contributed by atoms with Gasteiger partial charge in [0.25, 0.3) is 0 Å². The van der Waals surface area contributed by atoms with Gasteiger partial charge in [-0.15, -0.1) is 0 Å². The van der Waals surface area contributed by atoms with E-state index in [9.17, 15) is 0 Å². The lowest BCUT2D eigenvalue weighted by atomic mass is 10.1. The van der Waals surface area contributed by atoms with Gasteiger partial charge in [-0.2, -0.15) is 5.10 Å². The molecule has 0 amide bonds. The third-order valence-corrected chi connectivity index (χ3v) is 2.46. The summed E-state index contributed by atoms with van der Waals surface area (Å²) < 4.78 is 1.90. The molecule has 2 rings (SSSR count). The minimum Gasteiger partial charge on any atom is -0.272 e. The van der Waals surface area contributed by atoms with Crippen LogP contribution in [0.2, 0.25) is 0 Å². The van der Waals surface area contributed by atoms with E-state index in [1.165, 1.54) is 16.8 Å². The van der Waals surface area contributed by atoms with Gasteiger partial charge >= 0.3 is 0 Å². The van der Waals surface area contributed by atoms with Gasteiger partial charge in [0.05, 0.1) is 5.69 Å². The van der Waals surface area contributed by atoms with E-state index >= 15 is 0 Å². The van der Waals surface area contributed by atoms with Crippen LogP contribution < -0.4 is 0 Å². The molecular weight excluding hydrogens is 172 g/mol. The zero-order valence-corrected chi connectivity index (χ0v) is 8.78. The van der Waals surface area contributed by atoms with Gasteiger partial charge in [-0.3, -0.25) is 4.68 Å². The van der Waals surface area contributed by atoms with Crippen molar-refractivity contribution in [2.24, 2.45) is 7.05 Å². The Balaban J connectivity index is 2.44. The Morgan fingerprint density at radius 2 is 1.71 bits per heavy atom. The normalized spacial score (nSPS) is 10.5. The van der Waals surface area contributed by atoms with Gasteiger partial charge in [0, 0.05) is 18.3 Å². The molecule has 0 unspecified atom stereocenters. The summed E-state index contributed by atoms with van der Waals surface area (Å²) in [5.41, 5.74) is 4.69. The first-order chi connectivity index (χ1) is 6.66. The predicted octanol–water partition coefficient (Wildman–Crippen LogP) is 2.70. The molecule has 1 aromatic carbocycles. The fraction of sp³-hybridized carbons (Fsp3) is 0.250. The summed E-state index contributed by atoms with van der Waals surface area (Å²) in [6.07, 6.45) is 0. The first-order valence-electron chi connectivity index (χ1n) is 4.74. The molecule has 0 bridgehead atoms. The van der Waals surface area contributed by atoms with E-state index in [2.05, 4.69) is 49.3 Å². The first kappa shape index (κ1) is 9.00. The van der Waals surface area contributed by atoms with Gasteiger partial charge in [-0.25, -0.2) is 0 Å². The molecular formula is C12H14N2. The van der Waals surface area contributed by atoms with Crippen molar-refractivity contribution in [3.05, 3.63) is 41.6 Å². The first-order valence-corrected chi connectivity index (χ1v) is 4.74. The Labute approximate surface area is 84.2 Å². The van der Waals surface area contributed by atoms with Crippen molar-refractivity contribution in [1.29, 1.82) is 0 Å². The van der Waals surface area contributed by atoms with Crippen LogP contribution in [0, 0.1) is 13.8 Å². The Hall–Kier alpha value is -1.57. The summed E-state index contributed by atoms with van der Waals surface area (Å²) in [6, 6.07) is 10.5. The molecule has 0 N–H and O–H groups in total. The van der Waals surface area contributed by atoms with Crippen molar-refractivity contribution < 1.29 is 0 Å². The fourth-order valence-corrected chi connectivity index (χ4v) is 1.43. The number of hydrogen-bond donors (Lipinski definition) is 0. The SMILES string of the molecule is Cc1ccc(-c2cc(C)n(C)n2)cc1. The van der Waals surface area contributed by atoms with E-state index in [1.807, 2.05) is 11.7 Å². The van der Waals surface area contributed by atoms with E-state index in [4.69, 9.17) is 0 Å². The van der Waals surface area contributed by atoms with Crippen LogP contribution in [0.1, 0.15) is 11.3 Å². The smallest absolute Gasteiger partial charge is 0.0925 e. The highest BCUT2D eigenvalue weighted by molar-refractivity contribution is 5.59. The molecule has 1 aromatic heterocycles. The van der Waals surface area contributed by atoms with Gasteiger partial charge < -0.3 is 0 Å². The van der Waals surface area contributed by atoms with E-state index in [0.717, 1.165) is 5.69 Å². The number of rotatable bonds is 1. The highest BCUT2D eigenvalue weighted by Crippen LogP contribution is 2.18. The van der Waals surface area contributed by atoms with Crippen LogP contribution in [0.5, 0.6) is 0 Å². The highest BCUT2D eigenvalue weighted by Gasteiger charge is 2.02. The average molecular weight is 186 g/mol. The molecule has 72 valence electrons. The molecule has 0 saturated heterocycles. The quantitative estimate of drug-likeness (QED) is 0.669. The molecule has 2 nitrogen and oxygen atoms in total. The van der Waals surface area contributed by atoms with Crippen LogP contribution in [0.4, 0.5) is 0 Å². The molecule has 0 radical (unpaired) electrons. The summed E-state index contributed by atoms with van der Waals surface area (Å²) in [6.45, 7) is 4.15. The third-order valence-electron chi connectivity index (χ3n) is 2.46. The Kier molecular flexibility index (Phi) is 2.12. The summed E-state index contributed by atoms with van der Waals surface area (Å²) in [5.74, 6) is 0. The Morgan fingerprint density at radius 1 is 1.07 bits per heavy atom. The molecule has 0 aliphatic rings. The van der Waals surface area contributed by atoms with Crippen molar-refractivity contribution in [2.45, 2.75) is 13.8 Å². The van der Waals surface area contributed by atoms with Crippen molar-refractivity contribution in [3.8, 4) is 11.3 Å². The van der Waals surface area contributed by atoms with Crippen LogP contribution in [0.15, 0.2) is 30.3 Å². The number of hydrogen-bond acceptors (Lipinski definition) is 1. The topological polar surface area (TPSA) is 17.8 Å². The van der Waals surface area contributed by atoms with Crippen LogP contribution in [0.25, 0.3) is 11.3 Å².